The van der Waals surface area contributed by atoms with Crippen LogP contribution in [0.3, 0.4) is 0 Å². The van der Waals surface area contributed by atoms with Crippen molar-refractivity contribution in [1.82, 2.24) is 25.0 Å². The molecule has 1 atom stereocenters. The maximum Gasteiger partial charge on any atom is 0.573 e. The summed E-state index contributed by atoms with van der Waals surface area (Å²) in [5.41, 5.74) is 1.76. The first-order valence-electron chi connectivity index (χ1n) is 9.05. The Bertz CT molecular complexity index is 1100. The molecule has 1 N–H and O–H groups in total. The Morgan fingerprint density at radius 3 is 2.62 bits per heavy atom. The number of nitrogens with zero attached hydrogens (tertiary/aromatic N) is 4. The van der Waals surface area contributed by atoms with Gasteiger partial charge in [0.2, 0.25) is 0 Å². The third-order valence-electron chi connectivity index (χ3n) is 5.12. The van der Waals surface area contributed by atoms with Gasteiger partial charge in [0.15, 0.2) is 0 Å². The fourth-order valence-electron chi connectivity index (χ4n) is 3.81. The van der Waals surface area contributed by atoms with Crippen molar-refractivity contribution in [3.05, 3.63) is 57.8 Å². The molecule has 29 heavy (non-hydrogen) atoms. The summed E-state index contributed by atoms with van der Waals surface area (Å²) in [6, 6.07) is 7.18. The molecule has 0 saturated carbocycles. The molecule has 3 aromatic rings. The van der Waals surface area contributed by atoms with Crippen LogP contribution in [-0.4, -0.2) is 31.3 Å². The summed E-state index contributed by atoms with van der Waals surface area (Å²) < 4.78 is 43.0. The molecule has 2 aromatic heterocycles. The number of H-pyrrole nitrogens is 1. The first kappa shape index (κ1) is 19.2. The number of rotatable bonds is 3. The quantitative estimate of drug-likeness (QED) is 0.722. The number of hydrogen-bond donors (Lipinski definition) is 1. The van der Waals surface area contributed by atoms with E-state index in [-0.39, 0.29) is 11.3 Å². The van der Waals surface area contributed by atoms with Crippen molar-refractivity contribution in [3.8, 4) is 17.1 Å². The van der Waals surface area contributed by atoms with Crippen LogP contribution in [0.15, 0.2) is 35.1 Å². The molecule has 0 amide bonds. The number of ether oxygens (including phenoxy) is 1. The molecule has 1 aromatic carbocycles. The molecular formula is C19H18F3N5O2. The van der Waals surface area contributed by atoms with Crippen LogP contribution >= 0.6 is 0 Å². The van der Waals surface area contributed by atoms with Crippen LogP contribution < -0.4 is 10.3 Å². The minimum atomic E-state index is -4.73. The minimum absolute atomic E-state index is 0.270. The summed E-state index contributed by atoms with van der Waals surface area (Å²) >= 11 is 0. The molecule has 152 valence electrons. The number of benzene rings is 1. The number of aryl methyl sites for hydroxylation is 1. The van der Waals surface area contributed by atoms with Crippen molar-refractivity contribution in [1.29, 1.82) is 0 Å². The fourth-order valence-corrected chi connectivity index (χ4v) is 3.81. The Morgan fingerprint density at radius 2 is 1.97 bits per heavy atom. The van der Waals surface area contributed by atoms with Gasteiger partial charge in [0.25, 0.3) is 5.56 Å². The molecule has 0 saturated heterocycles. The molecule has 0 fully saturated rings. The van der Waals surface area contributed by atoms with Crippen LogP contribution in [0.4, 0.5) is 13.2 Å². The smallest absolute Gasteiger partial charge is 0.406 e. The van der Waals surface area contributed by atoms with Gasteiger partial charge in [-0.1, -0.05) is 17.3 Å². The number of halogens is 3. The monoisotopic (exact) mass is 405 g/mol. The van der Waals surface area contributed by atoms with Gasteiger partial charge in [0.05, 0.1) is 11.2 Å². The summed E-state index contributed by atoms with van der Waals surface area (Å²) in [6.07, 6.45) is -2.45. The number of alkyl halides is 3. The lowest BCUT2D eigenvalue weighted by atomic mass is 9.83. The third kappa shape index (κ3) is 3.62. The molecule has 1 aliphatic rings. The molecule has 0 unspecified atom stereocenters. The summed E-state index contributed by atoms with van der Waals surface area (Å²) in [6.45, 7) is 3.65. The first-order chi connectivity index (χ1) is 13.7. The summed E-state index contributed by atoms with van der Waals surface area (Å²) in [5.74, 6) is 0.205. The molecule has 1 aliphatic heterocycles. The maximum absolute atomic E-state index is 12.4. The Kier molecular flexibility index (Phi) is 4.44. The van der Waals surface area contributed by atoms with Gasteiger partial charge in [0, 0.05) is 6.07 Å². The molecule has 7 nitrogen and oxygen atoms in total. The van der Waals surface area contributed by atoms with E-state index in [9.17, 15) is 18.0 Å². The zero-order valence-corrected chi connectivity index (χ0v) is 15.7. The topological polar surface area (TPSA) is 85.7 Å². The van der Waals surface area contributed by atoms with Crippen molar-refractivity contribution in [3.63, 3.8) is 0 Å². The van der Waals surface area contributed by atoms with Crippen LogP contribution in [0.2, 0.25) is 0 Å². The van der Waals surface area contributed by atoms with Gasteiger partial charge in [-0.3, -0.25) is 4.79 Å². The van der Waals surface area contributed by atoms with Crippen molar-refractivity contribution in [2.45, 2.75) is 45.0 Å². The lowest BCUT2D eigenvalue weighted by Gasteiger charge is -2.35. The lowest BCUT2D eigenvalue weighted by Crippen LogP contribution is -2.37. The molecule has 0 radical (unpaired) electrons. The Labute approximate surface area is 163 Å². The molecule has 0 spiro atoms. The van der Waals surface area contributed by atoms with Gasteiger partial charge in [0.1, 0.15) is 23.0 Å². The fraction of sp³-hybridized carbons (Fsp3) is 0.368. The highest BCUT2D eigenvalue weighted by molar-refractivity contribution is 5.57. The van der Waals surface area contributed by atoms with Gasteiger partial charge in [-0.25, -0.2) is 9.67 Å². The van der Waals surface area contributed by atoms with Crippen LogP contribution in [0.1, 0.15) is 36.8 Å². The van der Waals surface area contributed by atoms with Crippen molar-refractivity contribution in [2.24, 2.45) is 0 Å². The number of aromatic amines is 1. The van der Waals surface area contributed by atoms with Crippen LogP contribution in [0.25, 0.3) is 11.4 Å². The maximum atomic E-state index is 12.4. The highest BCUT2D eigenvalue weighted by atomic mass is 19.4. The first-order valence-corrected chi connectivity index (χ1v) is 9.05. The van der Waals surface area contributed by atoms with E-state index in [2.05, 4.69) is 25.0 Å². The number of nitrogens with one attached hydrogen (secondary N) is 1. The molecule has 3 heterocycles. The second kappa shape index (κ2) is 6.71. The molecule has 10 heteroatoms. The number of hydrogen-bond acceptors (Lipinski definition) is 5. The zero-order valence-electron chi connectivity index (χ0n) is 15.7. The Balaban J connectivity index is 1.73. The number of aromatic nitrogens is 5. The van der Waals surface area contributed by atoms with E-state index in [1.165, 1.54) is 18.2 Å². The van der Waals surface area contributed by atoms with E-state index in [0.29, 0.717) is 23.6 Å². The van der Waals surface area contributed by atoms with Gasteiger partial charge in [-0.05, 0) is 50.8 Å². The molecule has 0 aliphatic carbocycles. The van der Waals surface area contributed by atoms with E-state index in [1.807, 2.05) is 6.92 Å². The van der Waals surface area contributed by atoms with Gasteiger partial charge in [-0.2, -0.15) is 0 Å². The van der Waals surface area contributed by atoms with Crippen LogP contribution in [0, 0.1) is 6.92 Å². The average Bonchev–Trinajstić information content (AvgIpc) is 3.06. The van der Waals surface area contributed by atoms with E-state index in [4.69, 9.17) is 0 Å². The second-order valence-electron chi connectivity index (χ2n) is 7.21. The van der Waals surface area contributed by atoms with Crippen molar-refractivity contribution in [2.75, 3.05) is 0 Å². The van der Waals surface area contributed by atoms with Crippen LogP contribution in [0.5, 0.6) is 5.75 Å². The average molecular weight is 405 g/mol. The lowest BCUT2D eigenvalue weighted by molar-refractivity contribution is -0.274. The second-order valence-corrected chi connectivity index (χ2v) is 7.21. The Morgan fingerprint density at radius 1 is 1.24 bits per heavy atom. The van der Waals surface area contributed by atoms with E-state index in [1.54, 1.807) is 23.7 Å². The van der Waals surface area contributed by atoms with E-state index >= 15 is 0 Å². The van der Waals surface area contributed by atoms with Crippen LogP contribution in [-0.2, 0) is 12.0 Å². The van der Waals surface area contributed by atoms with Gasteiger partial charge < -0.3 is 9.72 Å². The molecular weight excluding hydrogens is 387 g/mol. The van der Waals surface area contributed by atoms with E-state index < -0.39 is 11.9 Å². The van der Waals surface area contributed by atoms with Gasteiger partial charge >= 0.3 is 6.36 Å². The normalized spacial score (nSPS) is 19.1. The third-order valence-corrected chi connectivity index (χ3v) is 5.12. The summed E-state index contributed by atoms with van der Waals surface area (Å²) in [5, 5.41) is 8.57. The predicted molar refractivity (Wildman–Crippen MR) is 97.4 cm³/mol. The largest absolute Gasteiger partial charge is 0.573 e. The summed E-state index contributed by atoms with van der Waals surface area (Å²) in [4.78, 5) is 18.8. The van der Waals surface area contributed by atoms with E-state index in [0.717, 1.165) is 24.1 Å². The zero-order chi connectivity index (χ0) is 20.8. The standard InChI is InChI=1S/C19H18F3N5O2/c1-11-23-14(10-16(28)24-11)17-15-4-3-9-18(2,27(15)26-25-17)12-5-7-13(8-6-12)29-19(20,21)22/h5-8,10H,3-4,9H2,1-2H3,(H,23,24,28)/t18-/m0/s1. The highest BCUT2D eigenvalue weighted by Gasteiger charge is 2.37. The van der Waals surface area contributed by atoms with Gasteiger partial charge in [-0.15, -0.1) is 18.3 Å². The molecule has 4 rings (SSSR count). The SMILES string of the molecule is Cc1nc(-c2nnn3c2CCC[C@@]3(C)c2ccc(OC(F)(F)F)cc2)cc(=O)[nH]1. The van der Waals surface area contributed by atoms with Crippen molar-refractivity contribution >= 4 is 0 Å². The summed E-state index contributed by atoms with van der Waals surface area (Å²) in [7, 11) is 0. The van der Waals surface area contributed by atoms with Crippen molar-refractivity contribution < 1.29 is 17.9 Å². The number of fused-ring (bicyclic) bond motifs is 1. The minimum Gasteiger partial charge on any atom is -0.406 e. The predicted octanol–water partition coefficient (Wildman–Crippen LogP) is 3.34. The highest BCUT2D eigenvalue weighted by Crippen LogP contribution is 2.39. The molecule has 0 bridgehead atoms. The Hall–Kier alpha value is -3.17.